The summed E-state index contributed by atoms with van der Waals surface area (Å²) in [4.78, 5) is 26.8. The van der Waals surface area contributed by atoms with Gasteiger partial charge in [-0.15, -0.1) is 11.3 Å². The fourth-order valence-electron chi connectivity index (χ4n) is 2.44. The number of amides is 1. The van der Waals surface area contributed by atoms with E-state index in [0.29, 0.717) is 30.1 Å². The number of halogens is 3. The van der Waals surface area contributed by atoms with E-state index in [-0.39, 0.29) is 12.8 Å². The molecule has 1 fully saturated rings. The Bertz CT molecular complexity index is 577. The molecule has 0 atom stereocenters. The highest BCUT2D eigenvalue weighted by Crippen LogP contribution is 2.34. The predicted molar refractivity (Wildman–Crippen MR) is 72.6 cm³/mol. The maximum Gasteiger partial charge on any atom is 0.443 e. The van der Waals surface area contributed by atoms with Crippen LogP contribution in [0.5, 0.6) is 0 Å². The summed E-state index contributed by atoms with van der Waals surface area (Å²) < 4.78 is 37.5. The molecule has 1 aromatic heterocycles. The maximum atomic E-state index is 12.5. The van der Waals surface area contributed by atoms with Gasteiger partial charge in [0.25, 0.3) is 5.91 Å². The van der Waals surface area contributed by atoms with Crippen molar-refractivity contribution in [3.8, 4) is 0 Å². The summed E-state index contributed by atoms with van der Waals surface area (Å²) >= 11 is 0.310. The summed E-state index contributed by atoms with van der Waals surface area (Å²) in [6.07, 6.45) is -2.83. The monoisotopic (exact) mass is 336 g/mol. The number of carboxylic acid groups (broad SMARTS) is 1. The van der Waals surface area contributed by atoms with Crippen LogP contribution >= 0.6 is 11.3 Å². The molecule has 0 radical (unpaired) electrons. The summed E-state index contributed by atoms with van der Waals surface area (Å²) in [5.41, 5.74) is -1.83. The summed E-state index contributed by atoms with van der Waals surface area (Å²) in [5.74, 6) is -1.69. The zero-order valence-corrected chi connectivity index (χ0v) is 12.6. The Morgan fingerprint density at radius 3 is 2.45 bits per heavy atom. The first-order valence-electron chi connectivity index (χ1n) is 6.73. The van der Waals surface area contributed by atoms with Crippen LogP contribution in [-0.2, 0) is 11.0 Å². The summed E-state index contributed by atoms with van der Waals surface area (Å²) in [6.45, 7) is 1.99. The molecule has 122 valence electrons. The Kier molecular flexibility index (Phi) is 4.46. The molecule has 2 rings (SSSR count). The number of nitrogens with zero attached hydrogens (tertiary/aromatic N) is 1. The van der Waals surface area contributed by atoms with E-state index in [2.05, 4.69) is 10.3 Å². The summed E-state index contributed by atoms with van der Waals surface area (Å²) in [5, 5.41) is 11.6. The number of hydrogen-bond acceptors (Lipinski definition) is 4. The summed E-state index contributed by atoms with van der Waals surface area (Å²) in [7, 11) is 0. The number of aliphatic carboxylic acids is 1. The molecular formula is C13H15F3N2O3S. The number of rotatable bonds is 3. The van der Waals surface area contributed by atoms with Crippen LogP contribution in [0.1, 0.15) is 48.1 Å². The van der Waals surface area contributed by atoms with Crippen LogP contribution in [0.3, 0.4) is 0 Å². The van der Waals surface area contributed by atoms with Gasteiger partial charge in [0.15, 0.2) is 5.01 Å². The third-order valence-corrected chi connectivity index (χ3v) is 4.76. The van der Waals surface area contributed by atoms with Crippen molar-refractivity contribution in [3.63, 3.8) is 0 Å². The number of alkyl halides is 3. The lowest BCUT2D eigenvalue weighted by atomic mass is 9.77. The number of nitrogens with one attached hydrogen (secondary N) is 1. The van der Waals surface area contributed by atoms with Crippen molar-refractivity contribution in [2.75, 3.05) is 0 Å². The van der Waals surface area contributed by atoms with Crippen molar-refractivity contribution in [3.05, 3.63) is 16.1 Å². The third-order valence-electron chi connectivity index (χ3n) is 3.87. The van der Waals surface area contributed by atoms with E-state index in [4.69, 9.17) is 0 Å². The molecule has 0 unspecified atom stereocenters. The van der Waals surface area contributed by atoms with Gasteiger partial charge in [-0.05, 0) is 31.6 Å². The van der Waals surface area contributed by atoms with E-state index in [1.165, 1.54) is 0 Å². The van der Waals surface area contributed by atoms with Gasteiger partial charge in [0.05, 0.1) is 0 Å². The van der Waals surface area contributed by atoms with Crippen molar-refractivity contribution < 1.29 is 27.9 Å². The van der Waals surface area contributed by atoms with E-state index < -0.39 is 34.3 Å². The SMILES string of the molecule is CC1CCC(NC(=O)c2csc(C(F)(F)F)n2)(C(=O)O)CC1. The Balaban J connectivity index is 2.15. The van der Waals surface area contributed by atoms with Gasteiger partial charge in [0, 0.05) is 5.38 Å². The second-order valence-electron chi connectivity index (χ2n) is 5.56. The standard InChI is InChI=1S/C13H15F3N2O3S/c1-7-2-4-12(5-3-7,11(20)21)18-9(19)8-6-22-10(17-8)13(14,15)16/h6-7H,2-5H2,1H3,(H,18,19)(H,20,21). The first-order chi connectivity index (χ1) is 10.1. The maximum absolute atomic E-state index is 12.5. The zero-order valence-electron chi connectivity index (χ0n) is 11.7. The largest absolute Gasteiger partial charge is 0.480 e. The number of thiazole rings is 1. The molecule has 9 heteroatoms. The Morgan fingerprint density at radius 2 is 2.00 bits per heavy atom. The van der Waals surface area contributed by atoms with Crippen molar-refractivity contribution in [2.45, 2.75) is 44.3 Å². The molecule has 1 heterocycles. The quantitative estimate of drug-likeness (QED) is 0.889. The average molecular weight is 336 g/mol. The fourth-order valence-corrected chi connectivity index (χ4v) is 3.10. The Hall–Kier alpha value is -1.64. The lowest BCUT2D eigenvalue weighted by Crippen LogP contribution is -2.56. The Morgan fingerprint density at radius 1 is 1.41 bits per heavy atom. The number of hydrogen-bond donors (Lipinski definition) is 2. The molecule has 1 aliphatic carbocycles. The normalized spacial score (nSPS) is 25.7. The third kappa shape index (κ3) is 3.40. The Labute approximate surface area is 128 Å². The highest BCUT2D eigenvalue weighted by atomic mass is 32.1. The van der Waals surface area contributed by atoms with Crippen LogP contribution in [0.25, 0.3) is 0 Å². The number of carbonyl (C=O) groups is 2. The van der Waals surface area contributed by atoms with Crippen LogP contribution in [0.4, 0.5) is 13.2 Å². The number of carbonyl (C=O) groups excluding carboxylic acids is 1. The molecule has 0 bridgehead atoms. The molecule has 0 saturated heterocycles. The van der Waals surface area contributed by atoms with Gasteiger partial charge in [-0.2, -0.15) is 13.2 Å². The highest BCUT2D eigenvalue weighted by molar-refractivity contribution is 7.09. The van der Waals surface area contributed by atoms with E-state index in [1.807, 2.05) is 6.92 Å². The van der Waals surface area contributed by atoms with E-state index >= 15 is 0 Å². The van der Waals surface area contributed by atoms with Crippen LogP contribution in [0.2, 0.25) is 0 Å². The second-order valence-corrected chi connectivity index (χ2v) is 6.42. The molecule has 1 saturated carbocycles. The fraction of sp³-hybridized carbons (Fsp3) is 0.615. The summed E-state index contributed by atoms with van der Waals surface area (Å²) in [6, 6.07) is 0. The minimum atomic E-state index is -4.62. The van der Waals surface area contributed by atoms with Crippen LogP contribution < -0.4 is 5.32 Å². The van der Waals surface area contributed by atoms with Crippen LogP contribution in [0, 0.1) is 5.92 Å². The van der Waals surface area contributed by atoms with Crippen molar-refractivity contribution in [1.29, 1.82) is 0 Å². The molecule has 0 aliphatic heterocycles. The highest BCUT2D eigenvalue weighted by Gasteiger charge is 2.43. The van der Waals surface area contributed by atoms with E-state index in [9.17, 15) is 27.9 Å². The first kappa shape index (κ1) is 16.7. The molecule has 1 aromatic rings. The zero-order chi connectivity index (χ0) is 16.5. The second kappa shape index (κ2) is 5.86. The molecule has 1 amide bonds. The number of carboxylic acids is 1. The van der Waals surface area contributed by atoms with E-state index in [0.717, 1.165) is 5.38 Å². The molecule has 2 N–H and O–H groups in total. The molecule has 22 heavy (non-hydrogen) atoms. The lowest BCUT2D eigenvalue weighted by Gasteiger charge is -2.36. The van der Waals surface area contributed by atoms with Gasteiger partial charge >= 0.3 is 12.1 Å². The topological polar surface area (TPSA) is 79.3 Å². The van der Waals surface area contributed by atoms with Gasteiger partial charge in [-0.3, -0.25) is 4.79 Å². The lowest BCUT2D eigenvalue weighted by molar-refractivity contribution is -0.146. The first-order valence-corrected chi connectivity index (χ1v) is 7.61. The van der Waals surface area contributed by atoms with Crippen molar-refractivity contribution in [1.82, 2.24) is 10.3 Å². The predicted octanol–water partition coefficient (Wildman–Crippen LogP) is 2.93. The smallest absolute Gasteiger partial charge is 0.443 e. The van der Waals surface area contributed by atoms with Gasteiger partial charge in [-0.25, -0.2) is 9.78 Å². The molecule has 1 aliphatic rings. The minimum Gasteiger partial charge on any atom is -0.480 e. The average Bonchev–Trinajstić information content (AvgIpc) is 2.91. The van der Waals surface area contributed by atoms with Gasteiger partial charge in [-0.1, -0.05) is 6.92 Å². The minimum absolute atomic E-state index is 0.255. The van der Waals surface area contributed by atoms with Crippen LogP contribution in [0.15, 0.2) is 5.38 Å². The van der Waals surface area contributed by atoms with Gasteiger partial charge in [0.2, 0.25) is 0 Å². The molecule has 5 nitrogen and oxygen atoms in total. The molecular weight excluding hydrogens is 321 g/mol. The van der Waals surface area contributed by atoms with E-state index in [1.54, 1.807) is 0 Å². The molecule has 0 spiro atoms. The van der Waals surface area contributed by atoms with Gasteiger partial charge in [0.1, 0.15) is 11.2 Å². The van der Waals surface area contributed by atoms with Crippen molar-refractivity contribution >= 4 is 23.2 Å². The van der Waals surface area contributed by atoms with Crippen molar-refractivity contribution in [2.24, 2.45) is 5.92 Å². The van der Waals surface area contributed by atoms with Gasteiger partial charge < -0.3 is 10.4 Å². The number of aromatic nitrogens is 1. The van der Waals surface area contributed by atoms with Crippen LogP contribution in [-0.4, -0.2) is 27.5 Å². The molecule has 0 aromatic carbocycles.